The number of benzene rings is 4. The monoisotopic (exact) mass is 522 g/mol. The normalized spacial score (nSPS) is 10.6. The lowest BCUT2D eigenvalue weighted by Gasteiger charge is -2.22. The third kappa shape index (κ3) is 7.75. The van der Waals surface area contributed by atoms with Crippen LogP contribution in [0.25, 0.3) is 0 Å². The molecule has 0 aliphatic rings. The Morgan fingerprint density at radius 1 is 0.722 bits per heavy atom. The summed E-state index contributed by atoms with van der Waals surface area (Å²) in [5, 5.41) is 17.9. The Kier molecular flexibility index (Phi) is 9.37. The first-order chi connectivity index (χ1) is 17.2. The molecule has 0 fully saturated rings. The Hall–Kier alpha value is -3.51. The molecule has 7 heteroatoms. The number of para-hydroxylation sites is 2. The van der Waals surface area contributed by atoms with Crippen molar-refractivity contribution in [3.8, 4) is 0 Å². The van der Waals surface area contributed by atoms with E-state index in [-0.39, 0.29) is 5.97 Å². The highest BCUT2D eigenvalue weighted by molar-refractivity contribution is 6.30. The fourth-order valence-corrected chi connectivity index (χ4v) is 3.64. The van der Waals surface area contributed by atoms with Crippen molar-refractivity contribution in [3.63, 3.8) is 0 Å². The van der Waals surface area contributed by atoms with Crippen LogP contribution in [0, 0.1) is 0 Å². The van der Waals surface area contributed by atoms with Crippen LogP contribution < -0.4 is 10.6 Å². The van der Waals surface area contributed by atoms with Crippen LogP contribution in [0.4, 0.5) is 22.7 Å². The van der Waals surface area contributed by atoms with E-state index in [0.29, 0.717) is 21.3 Å². The number of rotatable bonds is 6. The predicted molar refractivity (Wildman–Crippen MR) is 149 cm³/mol. The summed E-state index contributed by atoms with van der Waals surface area (Å²) in [5.74, 6) is -0.368. The average Bonchev–Trinajstić information content (AvgIpc) is 2.87. The Morgan fingerprint density at radius 2 is 1.17 bits per heavy atom. The zero-order chi connectivity index (χ0) is 26.1. The van der Waals surface area contributed by atoms with E-state index < -0.39 is 5.60 Å². The maximum absolute atomic E-state index is 11.6. The standard InChI is InChI=1S/C15H16ClNO.C14H12ClNO2/c1-15(2,18)13-5-3-4-6-14(13)17-12-9-7-11(16)8-10-12;1-18-14(17)12-4-2-3-5-13(12)16-11-8-6-10(15)7-9-11/h3-10,17-18H,1-2H3;2-9,16H,1H3. The van der Waals surface area contributed by atoms with Crippen LogP contribution in [-0.2, 0) is 10.3 Å². The smallest absolute Gasteiger partial charge is 0.339 e. The number of ether oxygens (including phenoxy) is 1. The van der Waals surface area contributed by atoms with Gasteiger partial charge in [0.1, 0.15) is 0 Å². The summed E-state index contributed by atoms with van der Waals surface area (Å²) in [6.45, 7) is 3.55. The molecule has 0 saturated heterocycles. The summed E-state index contributed by atoms with van der Waals surface area (Å²) in [6, 6.07) is 29.6. The molecule has 0 radical (unpaired) electrons. The third-order valence-corrected chi connectivity index (χ3v) is 5.67. The molecule has 0 aliphatic heterocycles. The second kappa shape index (κ2) is 12.5. The van der Waals surface area contributed by atoms with Gasteiger partial charge in [0.05, 0.1) is 24.0 Å². The minimum absolute atomic E-state index is 0.368. The molecule has 0 spiro atoms. The quantitative estimate of drug-likeness (QED) is 0.222. The van der Waals surface area contributed by atoms with E-state index in [1.165, 1.54) is 7.11 Å². The second-order valence-corrected chi connectivity index (χ2v) is 9.28. The Balaban J connectivity index is 0.000000201. The van der Waals surface area contributed by atoms with Gasteiger partial charge in [-0.1, -0.05) is 53.5 Å². The van der Waals surface area contributed by atoms with Crippen molar-refractivity contribution < 1.29 is 14.6 Å². The van der Waals surface area contributed by atoms with Gasteiger partial charge in [0, 0.05) is 32.7 Å². The number of anilines is 4. The molecule has 36 heavy (non-hydrogen) atoms. The molecule has 4 rings (SSSR count). The van der Waals surface area contributed by atoms with E-state index >= 15 is 0 Å². The summed E-state index contributed by atoms with van der Waals surface area (Å²) in [6.07, 6.45) is 0. The fourth-order valence-electron chi connectivity index (χ4n) is 3.38. The highest BCUT2D eigenvalue weighted by atomic mass is 35.5. The molecule has 0 saturated carbocycles. The number of halogens is 2. The molecule has 0 unspecified atom stereocenters. The van der Waals surface area contributed by atoms with Crippen molar-refractivity contribution in [1.29, 1.82) is 0 Å². The maximum atomic E-state index is 11.6. The highest BCUT2D eigenvalue weighted by Gasteiger charge is 2.19. The number of hydrogen-bond donors (Lipinski definition) is 3. The lowest BCUT2D eigenvalue weighted by Crippen LogP contribution is -2.17. The van der Waals surface area contributed by atoms with Crippen molar-refractivity contribution in [3.05, 3.63) is 118 Å². The predicted octanol–water partition coefficient (Wildman–Crippen LogP) is 8.18. The molecule has 0 heterocycles. The molecular weight excluding hydrogens is 495 g/mol. The minimum Gasteiger partial charge on any atom is -0.465 e. The number of methoxy groups -OCH3 is 1. The molecule has 0 aliphatic carbocycles. The first kappa shape index (κ1) is 27.1. The number of nitrogens with one attached hydrogen (secondary N) is 2. The van der Waals surface area contributed by atoms with Crippen molar-refractivity contribution in [2.24, 2.45) is 0 Å². The van der Waals surface area contributed by atoms with Gasteiger partial charge in [-0.2, -0.15) is 0 Å². The van der Waals surface area contributed by atoms with Crippen LogP contribution in [0.1, 0.15) is 29.8 Å². The first-order valence-corrected chi connectivity index (χ1v) is 12.0. The van der Waals surface area contributed by atoms with Gasteiger partial charge in [-0.05, 0) is 80.6 Å². The average molecular weight is 523 g/mol. The summed E-state index contributed by atoms with van der Waals surface area (Å²) < 4.78 is 4.73. The Morgan fingerprint density at radius 3 is 1.67 bits per heavy atom. The number of carbonyl (C=O) groups excluding carboxylic acids is 1. The minimum atomic E-state index is -0.879. The highest BCUT2D eigenvalue weighted by Crippen LogP contribution is 2.30. The number of esters is 1. The topological polar surface area (TPSA) is 70.6 Å². The number of carbonyl (C=O) groups is 1. The SMILES string of the molecule is CC(C)(O)c1ccccc1Nc1ccc(Cl)cc1.COC(=O)c1ccccc1Nc1ccc(Cl)cc1. The maximum Gasteiger partial charge on any atom is 0.339 e. The number of aliphatic hydroxyl groups is 1. The van der Waals surface area contributed by atoms with Crippen LogP contribution in [0.2, 0.25) is 10.0 Å². The lowest BCUT2D eigenvalue weighted by molar-refractivity contribution is 0.0601. The first-order valence-electron chi connectivity index (χ1n) is 11.2. The van der Waals surface area contributed by atoms with Crippen molar-refractivity contribution in [2.75, 3.05) is 17.7 Å². The zero-order valence-electron chi connectivity index (χ0n) is 20.3. The van der Waals surface area contributed by atoms with Gasteiger partial charge in [0.2, 0.25) is 0 Å². The van der Waals surface area contributed by atoms with Crippen molar-refractivity contribution >= 4 is 51.9 Å². The summed E-state index contributed by atoms with van der Waals surface area (Å²) in [5.41, 5.74) is 3.87. The van der Waals surface area contributed by atoms with Crippen molar-refractivity contribution in [1.82, 2.24) is 0 Å². The van der Waals surface area contributed by atoms with Gasteiger partial charge in [0.15, 0.2) is 0 Å². The van der Waals surface area contributed by atoms with Gasteiger partial charge >= 0.3 is 5.97 Å². The van der Waals surface area contributed by atoms with E-state index in [1.54, 1.807) is 38.1 Å². The van der Waals surface area contributed by atoms with E-state index in [2.05, 4.69) is 10.6 Å². The van der Waals surface area contributed by atoms with E-state index in [9.17, 15) is 9.90 Å². The summed E-state index contributed by atoms with van der Waals surface area (Å²) in [7, 11) is 1.36. The molecule has 3 N–H and O–H groups in total. The molecule has 5 nitrogen and oxygen atoms in total. The molecule has 0 atom stereocenters. The number of hydrogen-bond acceptors (Lipinski definition) is 5. The van der Waals surface area contributed by atoms with Crippen LogP contribution in [0.15, 0.2) is 97.1 Å². The molecule has 4 aromatic carbocycles. The summed E-state index contributed by atoms with van der Waals surface area (Å²) in [4.78, 5) is 11.6. The lowest BCUT2D eigenvalue weighted by atomic mass is 9.96. The van der Waals surface area contributed by atoms with Crippen molar-refractivity contribution in [2.45, 2.75) is 19.4 Å². The van der Waals surface area contributed by atoms with Gasteiger partial charge in [-0.3, -0.25) is 0 Å². The van der Waals surface area contributed by atoms with Gasteiger partial charge in [-0.25, -0.2) is 4.79 Å². The van der Waals surface area contributed by atoms with Crippen LogP contribution in [0.5, 0.6) is 0 Å². The van der Waals surface area contributed by atoms with E-state index in [4.69, 9.17) is 27.9 Å². The third-order valence-electron chi connectivity index (χ3n) is 5.17. The van der Waals surface area contributed by atoms with Gasteiger partial charge < -0.3 is 20.5 Å². The molecular formula is C29H28Cl2N2O3. The molecule has 0 bridgehead atoms. The van der Waals surface area contributed by atoms with Crippen LogP contribution in [-0.4, -0.2) is 18.2 Å². The summed E-state index contributed by atoms with van der Waals surface area (Å²) >= 11 is 11.7. The second-order valence-electron chi connectivity index (χ2n) is 8.41. The van der Waals surface area contributed by atoms with E-state index in [1.807, 2.05) is 72.8 Å². The van der Waals surface area contributed by atoms with E-state index in [0.717, 1.165) is 22.6 Å². The Labute approximate surface area is 221 Å². The molecule has 4 aromatic rings. The Bertz CT molecular complexity index is 1290. The molecule has 0 aromatic heterocycles. The van der Waals surface area contributed by atoms with Crippen LogP contribution >= 0.6 is 23.2 Å². The fraction of sp³-hybridized carbons (Fsp3) is 0.138. The molecule has 186 valence electrons. The van der Waals surface area contributed by atoms with Crippen LogP contribution in [0.3, 0.4) is 0 Å². The van der Waals surface area contributed by atoms with Gasteiger partial charge in [0.25, 0.3) is 0 Å². The largest absolute Gasteiger partial charge is 0.465 e. The zero-order valence-corrected chi connectivity index (χ0v) is 21.8. The molecule has 0 amide bonds. The van der Waals surface area contributed by atoms with Gasteiger partial charge in [-0.15, -0.1) is 0 Å².